The van der Waals surface area contributed by atoms with Crippen molar-refractivity contribution in [1.82, 2.24) is 30.5 Å². The molecule has 0 aliphatic rings. The summed E-state index contributed by atoms with van der Waals surface area (Å²) >= 11 is 0. The van der Waals surface area contributed by atoms with Gasteiger partial charge in [0, 0.05) is 18.0 Å². The van der Waals surface area contributed by atoms with Gasteiger partial charge in [0.05, 0.1) is 5.69 Å². The van der Waals surface area contributed by atoms with Crippen LogP contribution in [0.1, 0.15) is 35.1 Å². The van der Waals surface area contributed by atoms with Gasteiger partial charge in [-0.3, -0.25) is 4.98 Å². The first-order valence-corrected chi connectivity index (χ1v) is 6.47. The Labute approximate surface area is 124 Å². The van der Waals surface area contributed by atoms with Gasteiger partial charge in [-0.2, -0.15) is 15.3 Å². The van der Waals surface area contributed by atoms with Gasteiger partial charge in [-0.25, -0.2) is 4.79 Å². The highest BCUT2D eigenvalue weighted by Crippen LogP contribution is 2.20. The topological polar surface area (TPSA) is 120 Å². The Morgan fingerprint density at radius 1 is 1.41 bits per heavy atom. The molecule has 0 unspecified atom stereocenters. The molecule has 0 fully saturated rings. The summed E-state index contributed by atoms with van der Waals surface area (Å²) in [6.45, 7) is 3.28. The van der Waals surface area contributed by atoms with Crippen molar-refractivity contribution in [3.8, 4) is 11.4 Å². The quantitative estimate of drug-likeness (QED) is 0.719. The number of nitrogens with zero attached hydrogens (tertiary/aromatic N) is 5. The first-order valence-electron chi connectivity index (χ1n) is 6.47. The lowest BCUT2D eigenvalue weighted by Crippen LogP contribution is -2.11. The van der Waals surface area contributed by atoms with Crippen LogP contribution in [0.4, 0.5) is 0 Å². The van der Waals surface area contributed by atoms with E-state index in [1.54, 1.807) is 38.4 Å². The average Bonchev–Trinajstić information content (AvgIpc) is 3.17. The van der Waals surface area contributed by atoms with Gasteiger partial charge in [-0.05, 0) is 26.0 Å². The third-order valence-electron chi connectivity index (χ3n) is 2.91. The molecular formula is C13H12N6O3. The predicted molar refractivity (Wildman–Crippen MR) is 72.5 cm³/mol. The Kier molecular flexibility index (Phi) is 3.60. The fraction of sp³-hybridized carbons (Fsp3) is 0.231. The molecule has 0 radical (unpaired) electrons. The second-order valence-electron chi connectivity index (χ2n) is 4.50. The highest BCUT2D eigenvalue weighted by molar-refractivity contribution is 5.88. The van der Waals surface area contributed by atoms with E-state index in [-0.39, 0.29) is 11.6 Å². The molecule has 9 heteroatoms. The zero-order valence-corrected chi connectivity index (χ0v) is 11.8. The zero-order valence-electron chi connectivity index (χ0n) is 11.8. The molecule has 3 rings (SSSR count). The van der Waals surface area contributed by atoms with Gasteiger partial charge in [0.2, 0.25) is 5.82 Å². The smallest absolute Gasteiger partial charge is 0.361 e. The summed E-state index contributed by atoms with van der Waals surface area (Å²) in [5.74, 6) is -0.0446. The number of nitrogens with one attached hydrogen (secondary N) is 1. The second kappa shape index (κ2) is 5.72. The predicted octanol–water partition coefficient (Wildman–Crippen LogP) is 1.48. The van der Waals surface area contributed by atoms with Crippen molar-refractivity contribution in [3.63, 3.8) is 0 Å². The number of aryl methyl sites for hydroxylation is 1. The van der Waals surface area contributed by atoms with E-state index in [1.165, 1.54) is 0 Å². The molecule has 22 heavy (non-hydrogen) atoms. The van der Waals surface area contributed by atoms with Gasteiger partial charge in [0.25, 0.3) is 5.89 Å². The number of hydrogen-bond donors (Lipinski definition) is 1. The number of hydrogen-bond acceptors (Lipinski definition) is 8. The SMILES string of the molecule is Cc1n[nH]nc1C(=O)O[C@@H](C)c1nc(-c2cccnc2)no1. The number of aromatic nitrogens is 6. The first-order chi connectivity index (χ1) is 10.6. The van der Waals surface area contributed by atoms with Gasteiger partial charge < -0.3 is 9.26 Å². The molecule has 0 saturated heterocycles. The molecule has 3 heterocycles. The van der Waals surface area contributed by atoms with Crippen LogP contribution in [0, 0.1) is 6.92 Å². The molecule has 112 valence electrons. The number of H-pyrrole nitrogens is 1. The van der Waals surface area contributed by atoms with Crippen LogP contribution in [0.2, 0.25) is 0 Å². The molecule has 3 aromatic heterocycles. The minimum absolute atomic E-state index is 0.124. The summed E-state index contributed by atoms with van der Waals surface area (Å²) < 4.78 is 10.4. The molecule has 1 atom stereocenters. The number of carbonyl (C=O) groups is 1. The summed E-state index contributed by atoms with van der Waals surface area (Å²) in [6.07, 6.45) is 2.56. The Bertz CT molecular complexity index is 782. The number of ether oxygens (including phenoxy) is 1. The van der Waals surface area contributed by atoms with Crippen LogP contribution in [0.25, 0.3) is 11.4 Å². The Balaban J connectivity index is 1.73. The van der Waals surface area contributed by atoms with E-state index in [2.05, 4.69) is 30.5 Å². The maximum atomic E-state index is 11.9. The minimum Gasteiger partial charge on any atom is -0.448 e. The van der Waals surface area contributed by atoms with E-state index in [4.69, 9.17) is 9.26 Å². The fourth-order valence-corrected chi connectivity index (χ4v) is 1.76. The normalized spacial score (nSPS) is 12.1. The monoisotopic (exact) mass is 300 g/mol. The Hall–Kier alpha value is -3.10. The zero-order chi connectivity index (χ0) is 15.5. The Morgan fingerprint density at radius 3 is 2.95 bits per heavy atom. The number of carbonyl (C=O) groups excluding carboxylic acids is 1. The molecule has 3 aromatic rings. The van der Waals surface area contributed by atoms with Crippen LogP contribution >= 0.6 is 0 Å². The van der Waals surface area contributed by atoms with Gasteiger partial charge >= 0.3 is 5.97 Å². The Morgan fingerprint density at radius 2 is 2.27 bits per heavy atom. The van der Waals surface area contributed by atoms with Crippen molar-refractivity contribution in [3.05, 3.63) is 41.8 Å². The number of rotatable bonds is 4. The van der Waals surface area contributed by atoms with Crippen molar-refractivity contribution in [2.24, 2.45) is 0 Å². The van der Waals surface area contributed by atoms with Crippen LogP contribution in [0.3, 0.4) is 0 Å². The van der Waals surface area contributed by atoms with Gasteiger partial charge in [0.15, 0.2) is 11.8 Å². The standard InChI is InChI=1S/C13H12N6O3/c1-7-10(17-19-16-7)13(20)21-8(2)12-15-11(18-22-12)9-4-3-5-14-6-9/h3-6,8H,1-2H3,(H,16,17,19)/t8-/m0/s1. The molecule has 0 aliphatic carbocycles. The third kappa shape index (κ3) is 2.68. The highest BCUT2D eigenvalue weighted by Gasteiger charge is 2.22. The van der Waals surface area contributed by atoms with E-state index >= 15 is 0 Å². The van der Waals surface area contributed by atoms with Gasteiger partial charge in [0.1, 0.15) is 0 Å². The molecule has 0 amide bonds. The molecule has 0 saturated carbocycles. The van der Waals surface area contributed by atoms with E-state index in [1.807, 2.05) is 0 Å². The number of pyridine rings is 1. The van der Waals surface area contributed by atoms with Crippen LogP contribution in [0.5, 0.6) is 0 Å². The van der Waals surface area contributed by atoms with Crippen LogP contribution < -0.4 is 0 Å². The number of esters is 1. The van der Waals surface area contributed by atoms with Crippen molar-refractivity contribution < 1.29 is 14.1 Å². The largest absolute Gasteiger partial charge is 0.448 e. The summed E-state index contributed by atoms with van der Waals surface area (Å²) in [5, 5.41) is 13.7. The molecular weight excluding hydrogens is 288 g/mol. The second-order valence-corrected chi connectivity index (χ2v) is 4.50. The van der Waals surface area contributed by atoms with Crippen LogP contribution in [0.15, 0.2) is 29.0 Å². The van der Waals surface area contributed by atoms with Crippen LogP contribution in [-0.2, 0) is 4.74 Å². The van der Waals surface area contributed by atoms with Crippen LogP contribution in [-0.4, -0.2) is 36.5 Å². The molecule has 0 aliphatic heterocycles. The van der Waals surface area contributed by atoms with E-state index < -0.39 is 12.1 Å². The lowest BCUT2D eigenvalue weighted by Gasteiger charge is -2.07. The summed E-state index contributed by atoms with van der Waals surface area (Å²) in [4.78, 5) is 20.1. The summed E-state index contributed by atoms with van der Waals surface area (Å²) in [7, 11) is 0. The summed E-state index contributed by atoms with van der Waals surface area (Å²) in [6, 6.07) is 3.57. The molecule has 0 aromatic carbocycles. The van der Waals surface area contributed by atoms with Crippen molar-refractivity contribution in [2.45, 2.75) is 20.0 Å². The number of aromatic amines is 1. The maximum Gasteiger partial charge on any atom is 0.361 e. The maximum absolute atomic E-state index is 11.9. The molecule has 1 N–H and O–H groups in total. The molecule has 0 spiro atoms. The van der Waals surface area contributed by atoms with Crippen molar-refractivity contribution in [1.29, 1.82) is 0 Å². The minimum atomic E-state index is -0.707. The van der Waals surface area contributed by atoms with E-state index in [0.29, 0.717) is 17.1 Å². The van der Waals surface area contributed by atoms with Crippen molar-refractivity contribution >= 4 is 5.97 Å². The summed E-state index contributed by atoms with van der Waals surface area (Å²) in [5.41, 5.74) is 1.29. The fourth-order valence-electron chi connectivity index (χ4n) is 1.76. The van der Waals surface area contributed by atoms with Gasteiger partial charge in [-0.15, -0.1) is 5.10 Å². The molecule has 9 nitrogen and oxygen atoms in total. The lowest BCUT2D eigenvalue weighted by molar-refractivity contribution is 0.0257. The average molecular weight is 300 g/mol. The third-order valence-corrected chi connectivity index (χ3v) is 2.91. The van der Waals surface area contributed by atoms with Gasteiger partial charge in [-0.1, -0.05) is 5.16 Å². The van der Waals surface area contributed by atoms with E-state index in [9.17, 15) is 4.79 Å². The molecule has 0 bridgehead atoms. The van der Waals surface area contributed by atoms with Crippen molar-refractivity contribution in [2.75, 3.05) is 0 Å². The van der Waals surface area contributed by atoms with E-state index in [0.717, 1.165) is 0 Å². The first kappa shape index (κ1) is 13.9. The lowest BCUT2D eigenvalue weighted by atomic mass is 10.3. The highest BCUT2D eigenvalue weighted by atomic mass is 16.6.